The van der Waals surface area contributed by atoms with Gasteiger partial charge in [0.05, 0.1) is 25.5 Å². The lowest BCUT2D eigenvalue weighted by molar-refractivity contribution is -0.113. The van der Waals surface area contributed by atoms with E-state index < -0.39 is 0 Å². The molecule has 3 rings (SSSR count). The zero-order chi connectivity index (χ0) is 16.8. The van der Waals surface area contributed by atoms with E-state index in [2.05, 4.69) is 20.4 Å². The molecule has 0 bridgehead atoms. The summed E-state index contributed by atoms with van der Waals surface area (Å²) in [5.41, 5.74) is 1.94. The van der Waals surface area contributed by atoms with Gasteiger partial charge in [-0.3, -0.25) is 9.69 Å². The van der Waals surface area contributed by atoms with Crippen molar-refractivity contribution in [3.05, 3.63) is 35.7 Å². The molecule has 1 aliphatic heterocycles. The van der Waals surface area contributed by atoms with Crippen molar-refractivity contribution in [3.8, 4) is 0 Å². The first-order valence-electron chi connectivity index (χ1n) is 7.81. The highest BCUT2D eigenvalue weighted by atomic mass is 32.2. The van der Waals surface area contributed by atoms with Gasteiger partial charge < -0.3 is 14.5 Å². The van der Waals surface area contributed by atoms with Gasteiger partial charge in [0.15, 0.2) is 0 Å². The highest BCUT2D eigenvalue weighted by molar-refractivity contribution is 7.99. The van der Waals surface area contributed by atoms with Gasteiger partial charge in [0.1, 0.15) is 0 Å². The number of benzene rings is 1. The maximum absolute atomic E-state index is 12.0. The van der Waals surface area contributed by atoms with Crippen molar-refractivity contribution < 1.29 is 13.9 Å². The number of rotatable bonds is 6. The lowest BCUT2D eigenvalue weighted by Gasteiger charge is -2.24. The van der Waals surface area contributed by atoms with Gasteiger partial charge in [-0.25, -0.2) is 0 Å². The summed E-state index contributed by atoms with van der Waals surface area (Å²) in [5, 5.41) is 11.3. The molecule has 0 unspecified atom stereocenters. The van der Waals surface area contributed by atoms with Crippen LogP contribution in [0.2, 0.25) is 0 Å². The van der Waals surface area contributed by atoms with Gasteiger partial charge in [-0.15, -0.1) is 10.2 Å². The molecular formula is C16H20N4O3S. The Hall–Kier alpha value is -1.90. The molecule has 1 amide bonds. The number of carbonyl (C=O) groups is 1. The molecule has 0 aliphatic carbocycles. The molecule has 2 aromatic rings. The number of carbonyl (C=O) groups excluding carboxylic acids is 1. The lowest BCUT2D eigenvalue weighted by atomic mass is 10.2. The topological polar surface area (TPSA) is 80.5 Å². The van der Waals surface area contributed by atoms with Crippen LogP contribution in [-0.2, 0) is 16.1 Å². The first-order chi connectivity index (χ1) is 11.7. The van der Waals surface area contributed by atoms with E-state index >= 15 is 0 Å². The van der Waals surface area contributed by atoms with E-state index in [4.69, 9.17) is 9.15 Å². The van der Waals surface area contributed by atoms with Gasteiger partial charge in [-0.2, -0.15) is 0 Å². The molecule has 0 atom stereocenters. The Bertz CT molecular complexity index is 668. The Morgan fingerprint density at radius 1 is 1.25 bits per heavy atom. The fraction of sp³-hybridized carbons (Fsp3) is 0.438. The molecule has 0 radical (unpaired) electrons. The summed E-state index contributed by atoms with van der Waals surface area (Å²) < 4.78 is 10.9. The number of hydrogen-bond acceptors (Lipinski definition) is 7. The van der Waals surface area contributed by atoms with Crippen molar-refractivity contribution in [2.24, 2.45) is 0 Å². The molecule has 1 aromatic heterocycles. The summed E-state index contributed by atoms with van der Waals surface area (Å²) in [5.74, 6) is 0.697. The number of amides is 1. The van der Waals surface area contributed by atoms with Crippen LogP contribution in [0.3, 0.4) is 0 Å². The molecule has 2 heterocycles. The molecule has 24 heavy (non-hydrogen) atoms. The molecule has 1 N–H and O–H groups in total. The number of nitrogens with zero attached hydrogens (tertiary/aromatic N) is 3. The SMILES string of the molecule is Cc1ccc(NC(=O)CSc2nnc(CN3CCOCC3)o2)cc1. The Balaban J connectivity index is 1.44. The van der Waals surface area contributed by atoms with Crippen LogP contribution in [0.5, 0.6) is 0 Å². The number of aryl methyl sites for hydroxylation is 1. The zero-order valence-corrected chi connectivity index (χ0v) is 14.3. The predicted molar refractivity (Wildman–Crippen MR) is 90.9 cm³/mol. The highest BCUT2D eigenvalue weighted by Crippen LogP contribution is 2.18. The van der Waals surface area contributed by atoms with Crippen molar-refractivity contribution in [3.63, 3.8) is 0 Å². The third kappa shape index (κ3) is 5.05. The summed E-state index contributed by atoms with van der Waals surface area (Å²) in [7, 11) is 0. The Morgan fingerprint density at radius 2 is 2.00 bits per heavy atom. The van der Waals surface area contributed by atoms with Gasteiger partial charge in [0.25, 0.3) is 5.22 Å². The molecule has 1 aliphatic rings. The fourth-order valence-corrected chi connectivity index (χ4v) is 2.85. The summed E-state index contributed by atoms with van der Waals surface area (Å²) in [6.07, 6.45) is 0. The number of anilines is 1. The van der Waals surface area contributed by atoms with Crippen LogP contribution in [-0.4, -0.2) is 53.1 Å². The van der Waals surface area contributed by atoms with Crippen LogP contribution < -0.4 is 5.32 Å². The average molecular weight is 348 g/mol. The molecular weight excluding hydrogens is 328 g/mol. The molecule has 1 aromatic carbocycles. The van der Waals surface area contributed by atoms with Gasteiger partial charge in [-0.1, -0.05) is 29.5 Å². The standard InChI is InChI=1S/C16H20N4O3S/c1-12-2-4-13(5-3-12)17-14(21)11-24-16-19-18-15(23-16)10-20-6-8-22-9-7-20/h2-5H,6-11H2,1H3,(H,17,21). The molecule has 8 heteroatoms. The van der Waals surface area contributed by atoms with Crippen molar-refractivity contribution in [1.29, 1.82) is 0 Å². The maximum atomic E-state index is 12.0. The molecule has 1 saturated heterocycles. The quantitative estimate of drug-likeness (QED) is 0.799. The van der Waals surface area contributed by atoms with Crippen molar-refractivity contribution in [1.82, 2.24) is 15.1 Å². The van der Waals surface area contributed by atoms with Crippen LogP contribution in [0.4, 0.5) is 5.69 Å². The average Bonchev–Trinajstić information content (AvgIpc) is 3.03. The summed E-state index contributed by atoms with van der Waals surface area (Å²) in [6.45, 7) is 5.81. The molecule has 0 spiro atoms. The van der Waals surface area contributed by atoms with Gasteiger partial charge >= 0.3 is 0 Å². The number of hydrogen-bond donors (Lipinski definition) is 1. The second-order valence-electron chi connectivity index (χ2n) is 5.55. The van der Waals surface area contributed by atoms with E-state index in [0.717, 1.165) is 37.6 Å². The molecule has 128 valence electrons. The lowest BCUT2D eigenvalue weighted by Crippen LogP contribution is -2.35. The van der Waals surface area contributed by atoms with E-state index in [-0.39, 0.29) is 11.7 Å². The first-order valence-corrected chi connectivity index (χ1v) is 8.79. The van der Waals surface area contributed by atoms with Gasteiger partial charge in [0, 0.05) is 18.8 Å². The monoisotopic (exact) mass is 348 g/mol. The largest absolute Gasteiger partial charge is 0.415 e. The summed E-state index contributed by atoms with van der Waals surface area (Å²) >= 11 is 1.24. The van der Waals surface area contributed by atoms with Crippen LogP contribution in [0, 0.1) is 6.92 Å². The highest BCUT2D eigenvalue weighted by Gasteiger charge is 2.15. The first kappa shape index (κ1) is 16.9. The minimum absolute atomic E-state index is 0.100. The maximum Gasteiger partial charge on any atom is 0.277 e. The van der Waals surface area contributed by atoms with Crippen molar-refractivity contribution in [2.75, 3.05) is 37.4 Å². The third-order valence-electron chi connectivity index (χ3n) is 3.57. The predicted octanol–water partition coefficient (Wildman–Crippen LogP) is 1.94. The molecule has 7 nitrogen and oxygen atoms in total. The Kier molecular flexibility index (Phi) is 5.84. The number of nitrogens with one attached hydrogen (secondary N) is 1. The summed E-state index contributed by atoms with van der Waals surface area (Å²) in [6, 6.07) is 7.67. The fourth-order valence-electron chi connectivity index (χ4n) is 2.27. The zero-order valence-electron chi connectivity index (χ0n) is 13.5. The Morgan fingerprint density at radius 3 is 2.75 bits per heavy atom. The normalized spacial score (nSPS) is 15.4. The Labute approximate surface area is 144 Å². The third-order valence-corrected chi connectivity index (χ3v) is 4.39. The number of thioether (sulfide) groups is 1. The minimum atomic E-state index is -0.100. The van der Waals surface area contributed by atoms with E-state index in [0.29, 0.717) is 17.7 Å². The van der Waals surface area contributed by atoms with E-state index in [9.17, 15) is 4.79 Å². The number of ether oxygens (including phenoxy) is 1. The van der Waals surface area contributed by atoms with Crippen LogP contribution in [0.15, 0.2) is 33.9 Å². The van der Waals surface area contributed by atoms with Gasteiger partial charge in [-0.05, 0) is 19.1 Å². The number of morpholine rings is 1. The van der Waals surface area contributed by atoms with Crippen LogP contribution in [0.1, 0.15) is 11.5 Å². The van der Waals surface area contributed by atoms with E-state index in [1.807, 2.05) is 31.2 Å². The minimum Gasteiger partial charge on any atom is -0.415 e. The number of aromatic nitrogens is 2. The van der Waals surface area contributed by atoms with Crippen LogP contribution in [0.25, 0.3) is 0 Å². The van der Waals surface area contributed by atoms with Crippen LogP contribution >= 0.6 is 11.8 Å². The smallest absolute Gasteiger partial charge is 0.277 e. The second-order valence-corrected chi connectivity index (χ2v) is 6.48. The molecule has 0 saturated carbocycles. The van der Waals surface area contributed by atoms with E-state index in [1.54, 1.807) is 0 Å². The summed E-state index contributed by atoms with van der Waals surface area (Å²) in [4.78, 5) is 14.2. The van der Waals surface area contributed by atoms with Crippen molar-refractivity contribution >= 4 is 23.4 Å². The molecule has 1 fully saturated rings. The second kappa shape index (κ2) is 8.27. The van der Waals surface area contributed by atoms with E-state index in [1.165, 1.54) is 11.8 Å². The van der Waals surface area contributed by atoms with Gasteiger partial charge in [0.2, 0.25) is 11.8 Å². The van der Waals surface area contributed by atoms with Crippen molar-refractivity contribution in [2.45, 2.75) is 18.7 Å².